The van der Waals surface area contributed by atoms with E-state index in [2.05, 4.69) is 15.6 Å². The fourth-order valence-electron chi connectivity index (χ4n) is 1.80. The number of nitrogens with one attached hydrogen (secondary N) is 2. The number of hydrogen-bond acceptors (Lipinski definition) is 4. The predicted octanol–water partition coefficient (Wildman–Crippen LogP) is 1.94. The van der Waals surface area contributed by atoms with Crippen LogP contribution in [0.1, 0.15) is 44.1 Å². The lowest BCUT2D eigenvalue weighted by Gasteiger charge is -2.24. The summed E-state index contributed by atoms with van der Waals surface area (Å²) in [5.74, 6) is -0.344. The molecule has 7 heteroatoms. The lowest BCUT2D eigenvalue weighted by molar-refractivity contribution is -0.119. The second-order valence-electron chi connectivity index (χ2n) is 5.43. The Labute approximate surface area is 129 Å². The first-order valence-electron chi connectivity index (χ1n) is 6.76. The van der Waals surface area contributed by atoms with Crippen molar-refractivity contribution in [1.29, 1.82) is 0 Å². The van der Waals surface area contributed by atoms with Gasteiger partial charge in [-0.3, -0.25) is 9.59 Å². The molecule has 0 spiro atoms. The second-order valence-corrected chi connectivity index (χ2v) is 5.84. The van der Waals surface area contributed by atoms with Crippen molar-refractivity contribution >= 4 is 29.2 Å². The van der Waals surface area contributed by atoms with Gasteiger partial charge in [-0.1, -0.05) is 18.5 Å². The molecule has 6 nitrogen and oxygen atoms in total. The van der Waals surface area contributed by atoms with E-state index in [0.29, 0.717) is 5.82 Å². The number of nitrogens with zero attached hydrogens (tertiary/aromatic N) is 1. The second kappa shape index (κ2) is 7.26. The topological polar surface area (TPSA) is 97.1 Å². The SMILES string of the molecule is CCCNc1ccc(Cl)c(C(=O)NC(C)(C)CC(N)=O)n1. The van der Waals surface area contributed by atoms with Crippen LogP contribution in [0.15, 0.2) is 12.1 Å². The summed E-state index contributed by atoms with van der Waals surface area (Å²) < 4.78 is 0. The normalized spacial score (nSPS) is 11.0. The van der Waals surface area contributed by atoms with Gasteiger partial charge in [-0.2, -0.15) is 0 Å². The van der Waals surface area contributed by atoms with Crippen LogP contribution in [0.5, 0.6) is 0 Å². The van der Waals surface area contributed by atoms with Crippen LogP contribution in [0.4, 0.5) is 5.82 Å². The number of rotatable bonds is 7. The highest BCUT2D eigenvalue weighted by Crippen LogP contribution is 2.18. The molecule has 2 amide bonds. The van der Waals surface area contributed by atoms with E-state index in [4.69, 9.17) is 17.3 Å². The van der Waals surface area contributed by atoms with Gasteiger partial charge in [0.25, 0.3) is 5.91 Å². The smallest absolute Gasteiger partial charge is 0.271 e. The molecule has 0 radical (unpaired) electrons. The van der Waals surface area contributed by atoms with Crippen molar-refractivity contribution in [3.05, 3.63) is 22.8 Å². The molecule has 0 aromatic carbocycles. The molecule has 0 aliphatic carbocycles. The summed E-state index contributed by atoms with van der Waals surface area (Å²) in [6.45, 7) is 6.21. The van der Waals surface area contributed by atoms with E-state index in [9.17, 15) is 9.59 Å². The third kappa shape index (κ3) is 5.59. The molecule has 0 aliphatic rings. The summed E-state index contributed by atoms with van der Waals surface area (Å²) in [5, 5.41) is 6.06. The fraction of sp³-hybridized carbons (Fsp3) is 0.500. The van der Waals surface area contributed by atoms with Crippen LogP contribution in [0.3, 0.4) is 0 Å². The zero-order valence-electron chi connectivity index (χ0n) is 12.5. The van der Waals surface area contributed by atoms with Crippen molar-refractivity contribution < 1.29 is 9.59 Å². The van der Waals surface area contributed by atoms with E-state index in [1.54, 1.807) is 26.0 Å². The third-order valence-electron chi connectivity index (χ3n) is 2.69. The van der Waals surface area contributed by atoms with Crippen LogP contribution >= 0.6 is 11.6 Å². The van der Waals surface area contributed by atoms with Crippen LogP contribution < -0.4 is 16.4 Å². The van der Waals surface area contributed by atoms with Crippen molar-refractivity contribution in [2.75, 3.05) is 11.9 Å². The summed E-state index contributed by atoms with van der Waals surface area (Å²) in [6.07, 6.45) is 0.974. The minimum Gasteiger partial charge on any atom is -0.370 e. The highest BCUT2D eigenvalue weighted by atomic mass is 35.5. The van der Waals surface area contributed by atoms with Crippen LogP contribution in [0.25, 0.3) is 0 Å². The van der Waals surface area contributed by atoms with Crippen LogP contribution in [-0.4, -0.2) is 28.9 Å². The molecule has 0 aliphatic heterocycles. The average Bonchev–Trinajstić information content (AvgIpc) is 2.35. The highest BCUT2D eigenvalue weighted by molar-refractivity contribution is 6.33. The molecule has 21 heavy (non-hydrogen) atoms. The molecule has 1 aromatic rings. The number of aromatic nitrogens is 1. The minimum atomic E-state index is -0.763. The summed E-state index contributed by atoms with van der Waals surface area (Å²) in [5.41, 5.74) is 4.52. The molecule has 116 valence electrons. The maximum atomic E-state index is 12.3. The Balaban J connectivity index is 2.88. The summed E-state index contributed by atoms with van der Waals surface area (Å²) in [7, 11) is 0. The Morgan fingerprint density at radius 1 is 1.38 bits per heavy atom. The maximum absolute atomic E-state index is 12.3. The summed E-state index contributed by atoms with van der Waals surface area (Å²) >= 11 is 6.02. The van der Waals surface area contributed by atoms with E-state index in [-0.39, 0.29) is 17.1 Å². The zero-order chi connectivity index (χ0) is 16.0. The molecule has 0 saturated heterocycles. The largest absolute Gasteiger partial charge is 0.370 e. The monoisotopic (exact) mass is 312 g/mol. The number of hydrogen-bond donors (Lipinski definition) is 3. The predicted molar refractivity (Wildman–Crippen MR) is 83.4 cm³/mol. The zero-order valence-corrected chi connectivity index (χ0v) is 13.3. The number of nitrogens with two attached hydrogens (primary N) is 1. The van der Waals surface area contributed by atoms with Gasteiger partial charge in [0.05, 0.1) is 5.02 Å². The molecule has 0 atom stereocenters. The first kappa shape index (κ1) is 17.2. The Bertz CT molecular complexity index is 532. The number of amides is 2. The van der Waals surface area contributed by atoms with Gasteiger partial charge in [0.2, 0.25) is 5.91 Å². The van der Waals surface area contributed by atoms with E-state index in [1.165, 1.54) is 0 Å². The highest BCUT2D eigenvalue weighted by Gasteiger charge is 2.25. The number of halogens is 1. The molecule has 1 heterocycles. The van der Waals surface area contributed by atoms with Gasteiger partial charge in [0, 0.05) is 18.5 Å². The first-order valence-corrected chi connectivity index (χ1v) is 7.14. The van der Waals surface area contributed by atoms with Gasteiger partial charge < -0.3 is 16.4 Å². The molecule has 1 aromatic heterocycles. The quantitative estimate of drug-likeness (QED) is 0.716. The lowest BCUT2D eigenvalue weighted by atomic mass is 10.00. The molecule has 4 N–H and O–H groups in total. The van der Waals surface area contributed by atoms with Gasteiger partial charge in [-0.05, 0) is 32.4 Å². The van der Waals surface area contributed by atoms with Gasteiger partial charge >= 0.3 is 0 Å². The molecule has 0 fully saturated rings. The van der Waals surface area contributed by atoms with Gasteiger partial charge in [0.1, 0.15) is 11.5 Å². The summed E-state index contributed by atoms with van der Waals surface area (Å²) in [4.78, 5) is 27.4. The molecule has 0 unspecified atom stereocenters. The molecular formula is C14H21ClN4O2. The van der Waals surface area contributed by atoms with Crippen LogP contribution in [0.2, 0.25) is 5.02 Å². The number of pyridine rings is 1. The van der Waals surface area contributed by atoms with Crippen molar-refractivity contribution in [2.45, 2.75) is 39.2 Å². The van der Waals surface area contributed by atoms with Gasteiger partial charge in [-0.25, -0.2) is 4.98 Å². The maximum Gasteiger partial charge on any atom is 0.271 e. The van der Waals surface area contributed by atoms with Gasteiger partial charge in [0.15, 0.2) is 0 Å². The number of anilines is 1. The Morgan fingerprint density at radius 3 is 2.62 bits per heavy atom. The lowest BCUT2D eigenvalue weighted by Crippen LogP contribution is -2.46. The molecular weight excluding hydrogens is 292 g/mol. The van der Waals surface area contributed by atoms with Crippen molar-refractivity contribution in [3.8, 4) is 0 Å². The minimum absolute atomic E-state index is 0.0319. The number of carbonyl (C=O) groups is 2. The third-order valence-corrected chi connectivity index (χ3v) is 2.99. The van der Waals surface area contributed by atoms with E-state index >= 15 is 0 Å². The standard InChI is InChI=1S/C14H21ClN4O2/c1-4-7-17-11-6-5-9(15)12(18-11)13(21)19-14(2,3)8-10(16)20/h5-6H,4,7-8H2,1-3H3,(H2,16,20)(H,17,18)(H,19,21). The van der Waals surface area contributed by atoms with Crippen molar-refractivity contribution in [3.63, 3.8) is 0 Å². The van der Waals surface area contributed by atoms with Crippen LogP contribution in [0, 0.1) is 0 Å². The van der Waals surface area contributed by atoms with Gasteiger partial charge in [-0.15, -0.1) is 0 Å². The molecule has 0 bridgehead atoms. The Kier molecular flexibility index (Phi) is 5.96. The van der Waals surface area contributed by atoms with Crippen LogP contribution in [-0.2, 0) is 4.79 Å². The molecule has 1 rings (SSSR count). The summed E-state index contributed by atoms with van der Waals surface area (Å²) in [6, 6.07) is 3.33. The Hall–Kier alpha value is -1.82. The van der Waals surface area contributed by atoms with E-state index in [1.807, 2.05) is 6.92 Å². The van der Waals surface area contributed by atoms with E-state index < -0.39 is 17.4 Å². The Morgan fingerprint density at radius 2 is 2.05 bits per heavy atom. The molecule has 0 saturated carbocycles. The number of primary amides is 1. The first-order chi connectivity index (χ1) is 9.75. The average molecular weight is 313 g/mol. The van der Waals surface area contributed by atoms with E-state index in [0.717, 1.165) is 13.0 Å². The fourth-order valence-corrected chi connectivity index (χ4v) is 1.99. The van der Waals surface area contributed by atoms with Crippen molar-refractivity contribution in [1.82, 2.24) is 10.3 Å². The number of carbonyl (C=O) groups excluding carboxylic acids is 2. The van der Waals surface area contributed by atoms with Crippen molar-refractivity contribution in [2.24, 2.45) is 5.73 Å².